The number of amides is 1. The number of esters is 1. The maximum absolute atomic E-state index is 13.4. The molecule has 1 saturated heterocycles. The minimum Gasteiger partial charge on any atom is -0.454 e. The molecule has 0 aromatic carbocycles. The van der Waals surface area contributed by atoms with Gasteiger partial charge in [-0.1, -0.05) is 268 Å². The lowest BCUT2D eigenvalue weighted by atomic mass is 9.99. The molecule has 0 saturated carbocycles. The summed E-state index contributed by atoms with van der Waals surface area (Å²) in [6, 6.07) is -1.03. The first-order chi connectivity index (χ1) is 37.7. The van der Waals surface area contributed by atoms with Crippen molar-refractivity contribution in [1.82, 2.24) is 5.32 Å². The van der Waals surface area contributed by atoms with Crippen LogP contribution >= 0.6 is 0 Å². The molecule has 0 aromatic heterocycles. The molecule has 0 spiro atoms. The number of carbonyl (C=O) groups is 2. The number of hydrogen-bond donors (Lipinski definition) is 6. The monoisotopic (exact) mass is 1090 g/mol. The summed E-state index contributed by atoms with van der Waals surface area (Å²) >= 11 is 0. The molecule has 0 aliphatic carbocycles. The molecule has 8 atom stereocenters. The van der Waals surface area contributed by atoms with Gasteiger partial charge in [-0.3, -0.25) is 9.59 Å². The van der Waals surface area contributed by atoms with Gasteiger partial charge < -0.3 is 45.1 Å². The molecule has 0 aromatic rings. The Balaban J connectivity index is 2.62. The molecule has 0 radical (unpaired) electrons. The van der Waals surface area contributed by atoms with Gasteiger partial charge in [0.2, 0.25) is 5.91 Å². The van der Waals surface area contributed by atoms with Crippen molar-refractivity contribution in [2.24, 2.45) is 0 Å². The lowest BCUT2D eigenvalue weighted by molar-refractivity contribution is -0.305. The number of allylic oxidation sites excluding steroid dienone is 9. The molecule has 11 nitrogen and oxygen atoms in total. The second-order valence-electron chi connectivity index (χ2n) is 22.1. The Bertz CT molecular complexity index is 1480. The summed E-state index contributed by atoms with van der Waals surface area (Å²) in [6.45, 7) is 5.76. The van der Waals surface area contributed by atoms with E-state index in [1.54, 1.807) is 6.08 Å². The van der Waals surface area contributed by atoms with Crippen molar-refractivity contribution in [2.75, 3.05) is 13.2 Å². The molecular weight excluding hydrogens is 967 g/mol. The first-order valence-electron chi connectivity index (χ1n) is 32.1. The van der Waals surface area contributed by atoms with Crippen LogP contribution in [0.4, 0.5) is 0 Å². The van der Waals surface area contributed by atoms with Crippen LogP contribution in [0, 0.1) is 0 Å². The van der Waals surface area contributed by atoms with E-state index in [1.165, 1.54) is 154 Å². The molecule has 77 heavy (non-hydrogen) atoms. The van der Waals surface area contributed by atoms with Gasteiger partial charge in [0, 0.05) is 6.42 Å². The number of aliphatic hydroxyl groups is 5. The predicted molar refractivity (Wildman–Crippen MR) is 320 cm³/mol. The second kappa shape index (κ2) is 54.0. The van der Waals surface area contributed by atoms with Crippen molar-refractivity contribution in [2.45, 2.75) is 333 Å². The van der Waals surface area contributed by atoms with E-state index in [4.69, 9.17) is 14.2 Å². The molecule has 448 valence electrons. The zero-order chi connectivity index (χ0) is 56.1. The Morgan fingerprint density at radius 2 is 0.896 bits per heavy atom. The number of carbonyl (C=O) groups excluding carboxylic acids is 2. The summed E-state index contributed by atoms with van der Waals surface area (Å²) in [5, 5.41) is 57.0. The maximum Gasteiger partial charge on any atom is 0.306 e. The first kappa shape index (κ1) is 72.4. The van der Waals surface area contributed by atoms with Crippen LogP contribution in [-0.4, -0.2) is 99.6 Å². The molecular formula is C66H119NO10. The van der Waals surface area contributed by atoms with Crippen molar-refractivity contribution >= 4 is 11.9 Å². The summed E-state index contributed by atoms with van der Waals surface area (Å²) in [5.74, 6) is -1.20. The lowest BCUT2D eigenvalue weighted by Gasteiger charge is -2.41. The minimum atomic E-state index is -1.61. The van der Waals surface area contributed by atoms with Gasteiger partial charge in [0.15, 0.2) is 12.4 Å². The fourth-order valence-corrected chi connectivity index (χ4v) is 9.81. The molecule has 1 aliphatic heterocycles. The van der Waals surface area contributed by atoms with Crippen LogP contribution in [0.5, 0.6) is 0 Å². The molecule has 1 fully saturated rings. The van der Waals surface area contributed by atoms with Gasteiger partial charge in [0.25, 0.3) is 0 Å². The fourth-order valence-electron chi connectivity index (χ4n) is 9.81. The quantitative estimate of drug-likeness (QED) is 0.0195. The molecule has 6 N–H and O–H groups in total. The Kier molecular flexibility index (Phi) is 50.7. The number of unbranched alkanes of at least 4 members (excludes halogenated alkanes) is 32. The van der Waals surface area contributed by atoms with E-state index < -0.39 is 67.4 Å². The SMILES string of the molecule is CCCCC/C=C\C/C=C\C/C=C\C/C=C\CCCCCCCCCCC(O)C(=O)NC(COC1OC(CO)C(O)C(O)C1OC(=O)CCCCCCCCCCCCCCC)C(O)/C=C/CCCCCCCCCCC. The van der Waals surface area contributed by atoms with Crippen molar-refractivity contribution < 1.29 is 49.3 Å². The molecule has 1 amide bonds. The van der Waals surface area contributed by atoms with Crippen LogP contribution in [0.1, 0.15) is 284 Å². The highest BCUT2D eigenvalue weighted by molar-refractivity contribution is 5.80. The van der Waals surface area contributed by atoms with Crippen LogP contribution in [0.2, 0.25) is 0 Å². The van der Waals surface area contributed by atoms with Crippen molar-refractivity contribution in [3.8, 4) is 0 Å². The standard InChI is InChI=1S/C66H119NO10/c1-4-7-10-13-16-19-22-24-25-26-27-28-29-30-31-32-33-34-36-38-41-44-47-50-53-59(70)65(74)67-57(58(69)52-49-46-43-40-37-21-18-15-12-9-6-3)56-75-66-64(63(73)62(72)60(55-68)76-66)77-61(71)54-51-48-45-42-39-35-23-20-17-14-11-8-5-2/h16,19,24-25,27-28,30-31,49,52,57-60,62-64,66,68-70,72-73H,4-15,17-18,20-23,26,29,32-48,50-51,53-56H2,1-3H3,(H,67,74)/b19-16-,25-24-,28-27-,31-30-,52-49+. The zero-order valence-electron chi connectivity index (χ0n) is 49.6. The fraction of sp³-hybridized carbons (Fsp3) is 0.818. The maximum atomic E-state index is 13.4. The molecule has 1 rings (SSSR count). The van der Waals surface area contributed by atoms with Crippen LogP contribution in [-0.2, 0) is 23.8 Å². The first-order valence-corrected chi connectivity index (χ1v) is 32.1. The molecule has 1 heterocycles. The third-order valence-electron chi connectivity index (χ3n) is 14.9. The lowest BCUT2D eigenvalue weighted by Crippen LogP contribution is -2.61. The van der Waals surface area contributed by atoms with Crippen LogP contribution in [0.3, 0.4) is 0 Å². The smallest absolute Gasteiger partial charge is 0.306 e. The topological polar surface area (TPSA) is 175 Å². The number of hydrogen-bond acceptors (Lipinski definition) is 10. The van der Waals surface area contributed by atoms with Crippen LogP contribution < -0.4 is 5.32 Å². The van der Waals surface area contributed by atoms with Crippen LogP contribution in [0.15, 0.2) is 60.8 Å². The number of nitrogens with one attached hydrogen (secondary N) is 1. The Hall–Kier alpha value is -2.64. The summed E-state index contributed by atoms with van der Waals surface area (Å²) in [4.78, 5) is 26.5. The van der Waals surface area contributed by atoms with E-state index in [0.29, 0.717) is 12.8 Å². The van der Waals surface area contributed by atoms with E-state index in [9.17, 15) is 35.1 Å². The highest BCUT2D eigenvalue weighted by atomic mass is 16.7. The van der Waals surface area contributed by atoms with Gasteiger partial charge in [-0.05, 0) is 70.6 Å². The normalized spacial score (nSPS) is 19.4. The number of ether oxygens (including phenoxy) is 3. The largest absolute Gasteiger partial charge is 0.454 e. The van der Waals surface area contributed by atoms with Crippen molar-refractivity contribution in [1.29, 1.82) is 0 Å². The zero-order valence-corrected chi connectivity index (χ0v) is 49.6. The molecule has 11 heteroatoms. The molecule has 1 aliphatic rings. The van der Waals surface area contributed by atoms with Gasteiger partial charge in [0.05, 0.1) is 25.4 Å². The minimum absolute atomic E-state index is 0.125. The Morgan fingerprint density at radius 3 is 1.36 bits per heavy atom. The van der Waals surface area contributed by atoms with E-state index in [2.05, 4.69) is 74.7 Å². The second-order valence-corrected chi connectivity index (χ2v) is 22.1. The van der Waals surface area contributed by atoms with Crippen molar-refractivity contribution in [3.05, 3.63) is 60.8 Å². The van der Waals surface area contributed by atoms with Crippen molar-refractivity contribution in [3.63, 3.8) is 0 Å². The summed E-state index contributed by atoms with van der Waals surface area (Å²) < 4.78 is 17.6. The summed E-state index contributed by atoms with van der Waals surface area (Å²) in [7, 11) is 0. The van der Waals surface area contributed by atoms with Gasteiger partial charge in [-0.2, -0.15) is 0 Å². The molecule has 0 bridgehead atoms. The van der Waals surface area contributed by atoms with E-state index in [0.717, 1.165) is 83.5 Å². The third kappa shape index (κ3) is 42.0. The highest BCUT2D eigenvalue weighted by Gasteiger charge is 2.47. The van der Waals surface area contributed by atoms with Gasteiger partial charge in [-0.15, -0.1) is 0 Å². The van der Waals surface area contributed by atoms with Crippen LogP contribution in [0.25, 0.3) is 0 Å². The average molecular weight is 1090 g/mol. The van der Waals surface area contributed by atoms with Gasteiger partial charge in [-0.25, -0.2) is 0 Å². The average Bonchev–Trinajstić information content (AvgIpc) is 3.44. The summed E-state index contributed by atoms with van der Waals surface area (Å²) in [6.07, 6.45) is 56.9. The predicted octanol–water partition coefficient (Wildman–Crippen LogP) is 15.4. The summed E-state index contributed by atoms with van der Waals surface area (Å²) in [5.41, 5.74) is 0. The Labute approximate surface area is 471 Å². The van der Waals surface area contributed by atoms with Gasteiger partial charge >= 0.3 is 5.97 Å². The molecule has 8 unspecified atom stereocenters. The Morgan fingerprint density at radius 1 is 0.506 bits per heavy atom. The van der Waals surface area contributed by atoms with E-state index in [-0.39, 0.29) is 19.4 Å². The highest BCUT2D eigenvalue weighted by Crippen LogP contribution is 2.26. The van der Waals surface area contributed by atoms with E-state index >= 15 is 0 Å². The number of rotatable bonds is 54. The van der Waals surface area contributed by atoms with Gasteiger partial charge in [0.1, 0.15) is 24.4 Å². The number of aliphatic hydroxyl groups excluding tert-OH is 5. The third-order valence-corrected chi connectivity index (χ3v) is 14.9. The van der Waals surface area contributed by atoms with E-state index in [1.807, 2.05) is 6.08 Å².